The van der Waals surface area contributed by atoms with Crippen molar-refractivity contribution in [1.29, 1.82) is 0 Å². The van der Waals surface area contributed by atoms with E-state index >= 15 is 0 Å². The molecule has 2 rings (SSSR count). The van der Waals surface area contributed by atoms with Crippen LogP contribution in [-0.2, 0) is 9.53 Å². The number of nitrogens with one attached hydrogen (secondary N) is 1. The first kappa shape index (κ1) is 15.7. The zero-order valence-corrected chi connectivity index (χ0v) is 12.0. The van der Waals surface area contributed by atoms with E-state index in [0.717, 1.165) is 58.5 Å². The number of ether oxygens (including phenoxy) is 1. The fraction of sp³-hybridized carbons (Fsp3) is 0.923. The minimum Gasteiger partial charge on any atom is -0.376 e. The molecule has 2 atom stereocenters. The van der Waals surface area contributed by atoms with E-state index in [9.17, 15) is 4.79 Å². The van der Waals surface area contributed by atoms with E-state index in [0.29, 0.717) is 5.91 Å². The second-order valence-corrected chi connectivity index (χ2v) is 5.06. The van der Waals surface area contributed by atoms with Crippen molar-refractivity contribution in [2.75, 3.05) is 32.8 Å². The smallest absolute Gasteiger partial charge is 0.227 e. The number of nitrogens with zero attached hydrogens (tertiary/aromatic N) is 1. The SMILES string of the molecule is CCN(CC1CCCO1)C(=O)C1CCCNC1.Cl. The minimum atomic E-state index is 0. The highest BCUT2D eigenvalue weighted by Gasteiger charge is 2.27. The highest BCUT2D eigenvalue weighted by atomic mass is 35.5. The van der Waals surface area contributed by atoms with Gasteiger partial charge in [-0.1, -0.05) is 0 Å². The molecule has 2 heterocycles. The standard InChI is InChI=1S/C13H24N2O2.ClH/c1-2-15(10-12-6-4-8-17-12)13(16)11-5-3-7-14-9-11;/h11-12,14H,2-10H2,1H3;1H. The maximum Gasteiger partial charge on any atom is 0.227 e. The Morgan fingerprint density at radius 2 is 2.22 bits per heavy atom. The first-order valence-corrected chi connectivity index (χ1v) is 6.92. The molecule has 0 aliphatic carbocycles. The third-order valence-electron chi connectivity index (χ3n) is 3.79. The van der Waals surface area contributed by atoms with Crippen LogP contribution in [0.25, 0.3) is 0 Å². The second-order valence-electron chi connectivity index (χ2n) is 5.06. The van der Waals surface area contributed by atoms with E-state index in [1.54, 1.807) is 0 Å². The van der Waals surface area contributed by atoms with Crippen LogP contribution in [0.3, 0.4) is 0 Å². The Balaban J connectivity index is 0.00000162. The maximum atomic E-state index is 12.3. The Hall–Kier alpha value is -0.320. The molecule has 4 nitrogen and oxygen atoms in total. The van der Waals surface area contributed by atoms with E-state index in [1.807, 2.05) is 4.90 Å². The Labute approximate surface area is 116 Å². The molecule has 2 unspecified atom stereocenters. The van der Waals surface area contributed by atoms with Crippen LogP contribution in [0.4, 0.5) is 0 Å². The molecule has 0 radical (unpaired) electrons. The predicted molar refractivity (Wildman–Crippen MR) is 74.1 cm³/mol. The highest BCUT2D eigenvalue weighted by Crippen LogP contribution is 2.17. The molecule has 1 amide bonds. The van der Waals surface area contributed by atoms with Crippen molar-refractivity contribution in [3.05, 3.63) is 0 Å². The molecular weight excluding hydrogens is 252 g/mol. The molecule has 2 fully saturated rings. The molecule has 1 N–H and O–H groups in total. The fourth-order valence-electron chi connectivity index (χ4n) is 2.73. The molecule has 0 saturated carbocycles. The lowest BCUT2D eigenvalue weighted by molar-refractivity contribution is -0.137. The molecule has 2 saturated heterocycles. The summed E-state index contributed by atoms with van der Waals surface area (Å²) in [4.78, 5) is 14.3. The van der Waals surface area contributed by atoms with Crippen molar-refractivity contribution in [2.24, 2.45) is 5.92 Å². The summed E-state index contributed by atoms with van der Waals surface area (Å²) < 4.78 is 5.61. The van der Waals surface area contributed by atoms with E-state index in [1.165, 1.54) is 0 Å². The summed E-state index contributed by atoms with van der Waals surface area (Å²) >= 11 is 0. The summed E-state index contributed by atoms with van der Waals surface area (Å²) in [5.74, 6) is 0.500. The van der Waals surface area contributed by atoms with Gasteiger partial charge in [-0.2, -0.15) is 0 Å². The van der Waals surface area contributed by atoms with Crippen molar-refractivity contribution in [2.45, 2.75) is 38.7 Å². The normalized spacial score (nSPS) is 27.6. The lowest BCUT2D eigenvalue weighted by atomic mass is 9.98. The van der Waals surface area contributed by atoms with Gasteiger partial charge in [0.25, 0.3) is 0 Å². The third-order valence-corrected chi connectivity index (χ3v) is 3.79. The zero-order chi connectivity index (χ0) is 12.1. The van der Waals surface area contributed by atoms with E-state index in [4.69, 9.17) is 4.74 Å². The first-order chi connectivity index (χ1) is 8.31. The molecule has 106 valence electrons. The number of piperidine rings is 1. The summed E-state index contributed by atoms with van der Waals surface area (Å²) in [5.41, 5.74) is 0. The summed E-state index contributed by atoms with van der Waals surface area (Å²) in [6.45, 7) is 6.41. The van der Waals surface area contributed by atoms with Crippen LogP contribution in [0.5, 0.6) is 0 Å². The van der Waals surface area contributed by atoms with Gasteiger partial charge in [0.1, 0.15) is 0 Å². The summed E-state index contributed by atoms with van der Waals surface area (Å²) in [7, 11) is 0. The maximum absolute atomic E-state index is 12.3. The summed E-state index contributed by atoms with van der Waals surface area (Å²) in [5, 5.41) is 3.31. The Morgan fingerprint density at radius 3 is 2.78 bits per heavy atom. The highest BCUT2D eigenvalue weighted by molar-refractivity contribution is 5.85. The lowest BCUT2D eigenvalue weighted by Crippen LogP contribution is -2.45. The van der Waals surface area contributed by atoms with Crippen LogP contribution in [0.1, 0.15) is 32.6 Å². The Bertz CT molecular complexity index is 251. The second kappa shape index (κ2) is 7.97. The molecule has 0 bridgehead atoms. The summed E-state index contributed by atoms with van der Waals surface area (Å²) in [6, 6.07) is 0. The van der Waals surface area contributed by atoms with Crippen LogP contribution >= 0.6 is 12.4 Å². The predicted octanol–water partition coefficient (Wildman–Crippen LogP) is 1.44. The van der Waals surface area contributed by atoms with Gasteiger partial charge in [-0.25, -0.2) is 0 Å². The topological polar surface area (TPSA) is 41.6 Å². The van der Waals surface area contributed by atoms with Gasteiger partial charge < -0.3 is 15.0 Å². The van der Waals surface area contributed by atoms with Crippen molar-refractivity contribution in [1.82, 2.24) is 10.2 Å². The van der Waals surface area contributed by atoms with Crippen LogP contribution in [-0.4, -0.2) is 49.7 Å². The van der Waals surface area contributed by atoms with Crippen molar-refractivity contribution in [3.63, 3.8) is 0 Å². The number of amides is 1. The Kier molecular flexibility index (Phi) is 6.97. The Morgan fingerprint density at radius 1 is 1.39 bits per heavy atom. The number of carbonyl (C=O) groups is 1. The quantitative estimate of drug-likeness (QED) is 0.845. The molecule has 0 aromatic carbocycles. The van der Waals surface area contributed by atoms with Crippen LogP contribution < -0.4 is 5.32 Å². The van der Waals surface area contributed by atoms with Gasteiger partial charge in [-0.05, 0) is 39.2 Å². The third kappa shape index (κ3) is 4.11. The van der Waals surface area contributed by atoms with Gasteiger partial charge in [0.15, 0.2) is 0 Å². The van der Waals surface area contributed by atoms with Crippen LogP contribution in [0.2, 0.25) is 0 Å². The van der Waals surface area contributed by atoms with Gasteiger partial charge in [0.2, 0.25) is 5.91 Å². The van der Waals surface area contributed by atoms with Crippen LogP contribution in [0.15, 0.2) is 0 Å². The molecule has 5 heteroatoms. The van der Waals surface area contributed by atoms with Crippen molar-refractivity contribution >= 4 is 18.3 Å². The number of hydrogen-bond acceptors (Lipinski definition) is 3. The minimum absolute atomic E-state index is 0. The van der Waals surface area contributed by atoms with Crippen LogP contribution in [0, 0.1) is 5.92 Å². The number of rotatable bonds is 4. The monoisotopic (exact) mass is 276 g/mol. The van der Waals surface area contributed by atoms with Gasteiger partial charge in [0, 0.05) is 26.2 Å². The molecule has 2 aliphatic rings. The first-order valence-electron chi connectivity index (χ1n) is 6.92. The van der Waals surface area contributed by atoms with Crippen molar-refractivity contribution in [3.8, 4) is 0 Å². The molecule has 0 aromatic heterocycles. The average Bonchev–Trinajstić information content (AvgIpc) is 2.89. The van der Waals surface area contributed by atoms with Crippen molar-refractivity contribution < 1.29 is 9.53 Å². The number of likely N-dealkylation sites (N-methyl/N-ethyl adjacent to an activating group) is 1. The molecule has 18 heavy (non-hydrogen) atoms. The van der Waals surface area contributed by atoms with Gasteiger partial charge in [-0.3, -0.25) is 4.79 Å². The number of hydrogen-bond donors (Lipinski definition) is 1. The van der Waals surface area contributed by atoms with E-state index in [2.05, 4.69) is 12.2 Å². The van der Waals surface area contributed by atoms with E-state index < -0.39 is 0 Å². The van der Waals surface area contributed by atoms with Gasteiger partial charge >= 0.3 is 0 Å². The van der Waals surface area contributed by atoms with Gasteiger partial charge in [0.05, 0.1) is 12.0 Å². The summed E-state index contributed by atoms with van der Waals surface area (Å²) in [6.07, 6.45) is 4.67. The number of halogens is 1. The molecule has 0 spiro atoms. The molecular formula is C13H25ClN2O2. The van der Waals surface area contributed by atoms with E-state index in [-0.39, 0.29) is 24.4 Å². The number of carbonyl (C=O) groups excluding carboxylic acids is 1. The molecule has 0 aromatic rings. The van der Waals surface area contributed by atoms with Gasteiger partial charge in [-0.15, -0.1) is 12.4 Å². The fourth-order valence-corrected chi connectivity index (χ4v) is 2.73. The largest absolute Gasteiger partial charge is 0.376 e. The zero-order valence-electron chi connectivity index (χ0n) is 11.2. The lowest BCUT2D eigenvalue weighted by Gasteiger charge is -2.30. The molecule has 2 aliphatic heterocycles. The average molecular weight is 277 g/mol.